The molecule has 6 nitrogen and oxygen atoms in total. The third kappa shape index (κ3) is 3.98. The lowest BCUT2D eigenvalue weighted by molar-refractivity contribution is -0.206. The number of carboxylic acids is 1. The van der Waals surface area contributed by atoms with Gasteiger partial charge in [0.05, 0.1) is 17.8 Å². The van der Waals surface area contributed by atoms with Crippen LogP contribution in [0.3, 0.4) is 0 Å². The van der Waals surface area contributed by atoms with Gasteiger partial charge >= 0.3 is 12.1 Å². The zero-order valence-electron chi connectivity index (χ0n) is 12.2. The first-order valence-electron chi connectivity index (χ1n) is 6.88. The Morgan fingerprint density at radius 1 is 1.39 bits per heavy atom. The third-order valence-corrected chi connectivity index (χ3v) is 3.53. The van der Waals surface area contributed by atoms with Crippen LogP contribution < -0.4 is 0 Å². The average molecular weight is 332 g/mol. The van der Waals surface area contributed by atoms with Crippen LogP contribution in [0.15, 0.2) is 12.1 Å². The molecule has 23 heavy (non-hydrogen) atoms. The first-order chi connectivity index (χ1) is 10.6. The molecular formula is C14H15F3N2O4. The highest BCUT2D eigenvalue weighted by molar-refractivity contribution is 5.94. The van der Waals surface area contributed by atoms with Crippen molar-refractivity contribution in [1.82, 2.24) is 9.88 Å². The summed E-state index contributed by atoms with van der Waals surface area (Å²) in [6.45, 7) is 0.528. The fourth-order valence-corrected chi connectivity index (χ4v) is 2.13. The summed E-state index contributed by atoms with van der Waals surface area (Å²) in [7, 11) is 0. The largest absolute Gasteiger partial charge is 0.478 e. The molecule has 1 fully saturated rings. The molecule has 1 heterocycles. The van der Waals surface area contributed by atoms with Crippen molar-refractivity contribution in [3.8, 4) is 0 Å². The number of aliphatic hydroxyl groups is 1. The average Bonchev–Trinajstić information content (AvgIpc) is 3.26. The van der Waals surface area contributed by atoms with Crippen molar-refractivity contribution >= 4 is 11.9 Å². The predicted molar refractivity (Wildman–Crippen MR) is 72.1 cm³/mol. The number of hydrogen-bond acceptors (Lipinski definition) is 4. The number of rotatable bonds is 5. The lowest BCUT2D eigenvalue weighted by Gasteiger charge is -2.26. The molecular weight excluding hydrogens is 317 g/mol. The molecule has 1 atom stereocenters. The number of aromatic carboxylic acids is 1. The van der Waals surface area contributed by atoms with E-state index in [0.717, 1.165) is 11.0 Å². The van der Waals surface area contributed by atoms with E-state index in [4.69, 9.17) is 5.11 Å². The second kappa shape index (κ2) is 6.15. The Labute approximate surface area is 129 Å². The molecule has 0 aliphatic heterocycles. The van der Waals surface area contributed by atoms with Gasteiger partial charge in [-0.3, -0.25) is 4.79 Å². The summed E-state index contributed by atoms with van der Waals surface area (Å²) < 4.78 is 37.5. The molecule has 1 aliphatic rings. The van der Waals surface area contributed by atoms with Crippen LogP contribution in [0.2, 0.25) is 0 Å². The van der Waals surface area contributed by atoms with Crippen molar-refractivity contribution in [1.29, 1.82) is 0 Å². The maximum Gasteiger partial charge on any atom is 0.416 e. The summed E-state index contributed by atoms with van der Waals surface area (Å²) in [6, 6.07) is 1.98. The molecule has 0 radical (unpaired) electrons. The molecule has 1 saturated carbocycles. The summed E-state index contributed by atoms with van der Waals surface area (Å²) in [6.07, 6.45) is -6.33. The highest BCUT2D eigenvalue weighted by Crippen LogP contribution is 2.30. The lowest BCUT2D eigenvalue weighted by atomic mass is 10.1. The molecule has 0 bridgehead atoms. The quantitative estimate of drug-likeness (QED) is 0.855. The van der Waals surface area contributed by atoms with E-state index in [9.17, 15) is 27.9 Å². The molecule has 2 N–H and O–H groups in total. The summed E-state index contributed by atoms with van der Waals surface area (Å²) in [5, 5.41) is 18.1. The summed E-state index contributed by atoms with van der Waals surface area (Å²) in [4.78, 5) is 28.1. The van der Waals surface area contributed by atoms with Crippen molar-refractivity contribution in [3.05, 3.63) is 29.1 Å². The first-order valence-corrected chi connectivity index (χ1v) is 6.88. The minimum absolute atomic E-state index is 0.0881. The van der Waals surface area contributed by atoms with Gasteiger partial charge in [-0.05, 0) is 31.9 Å². The standard InChI is InChI=1S/C14H15F3N2O4/c1-7-9(13(22)23)4-5-10(18-7)12(21)19(8-2-3-8)6-11(20)14(15,16)17/h4-5,8,11,20H,2-3,6H2,1H3,(H,22,23). The maximum absolute atomic E-state index is 12.5. The molecule has 9 heteroatoms. The Morgan fingerprint density at radius 3 is 2.43 bits per heavy atom. The second-order valence-electron chi connectivity index (χ2n) is 5.38. The normalized spacial score (nSPS) is 16.0. The molecule has 1 amide bonds. The Morgan fingerprint density at radius 2 is 2.00 bits per heavy atom. The van der Waals surface area contributed by atoms with Gasteiger partial charge in [0, 0.05) is 6.04 Å². The smallest absolute Gasteiger partial charge is 0.416 e. The maximum atomic E-state index is 12.5. The number of carbonyl (C=O) groups excluding carboxylic acids is 1. The van der Waals surface area contributed by atoms with Gasteiger partial charge < -0.3 is 15.1 Å². The SMILES string of the molecule is Cc1nc(C(=O)N(CC(O)C(F)(F)F)C2CC2)ccc1C(=O)O. The fraction of sp³-hybridized carbons (Fsp3) is 0.500. The number of alkyl halides is 3. The van der Waals surface area contributed by atoms with E-state index < -0.39 is 30.7 Å². The number of aliphatic hydroxyl groups excluding tert-OH is 1. The van der Waals surface area contributed by atoms with Crippen LogP contribution in [0.4, 0.5) is 13.2 Å². The highest BCUT2D eigenvalue weighted by atomic mass is 19.4. The second-order valence-corrected chi connectivity index (χ2v) is 5.38. The number of amides is 1. The Bertz CT molecular complexity index is 629. The summed E-state index contributed by atoms with van der Waals surface area (Å²) >= 11 is 0. The van der Waals surface area contributed by atoms with Crippen LogP contribution in [0.5, 0.6) is 0 Å². The monoisotopic (exact) mass is 332 g/mol. The zero-order chi connectivity index (χ0) is 17.4. The van der Waals surface area contributed by atoms with Gasteiger partial charge in [-0.15, -0.1) is 0 Å². The zero-order valence-corrected chi connectivity index (χ0v) is 12.2. The number of carboxylic acid groups (broad SMARTS) is 1. The summed E-state index contributed by atoms with van der Waals surface area (Å²) in [5.74, 6) is -1.96. The molecule has 1 aromatic rings. The van der Waals surface area contributed by atoms with Gasteiger partial charge in [-0.1, -0.05) is 0 Å². The third-order valence-electron chi connectivity index (χ3n) is 3.53. The van der Waals surface area contributed by atoms with Gasteiger partial charge in [-0.2, -0.15) is 13.2 Å². The molecule has 1 unspecified atom stereocenters. The van der Waals surface area contributed by atoms with Crippen molar-refractivity contribution in [2.24, 2.45) is 0 Å². The van der Waals surface area contributed by atoms with E-state index in [-0.39, 0.29) is 23.0 Å². The number of aromatic nitrogens is 1. The Balaban J connectivity index is 2.22. The van der Waals surface area contributed by atoms with Crippen molar-refractivity contribution in [3.63, 3.8) is 0 Å². The van der Waals surface area contributed by atoms with Gasteiger partial charge in [0.15, 0.2) is 6.10 Å². The van der Waals surface area contributed by atoms with Crippen LogP contribution in [-0.4, -0.2) is 56.8 Å². The van der Waals surface area contributed by atoms with E-state index in [1.54, 1.807) is 0 Å². The van der Waals surface area contributed by atoms with Crippen LogP contribution in [0, 0.1) is 6.92 Å². The van der Waals surface area contributed by atoms with Crippen LogP contribution in [0.1, 0.15) is 39.4 Å². The van der Waals surface area contributed by atoms with Crippen LogP contribution in [0.25, 0.3) is 0 Å². The van der Waals surface area contributed by atoms with Gasteiger partial charge in [-0.25, -0.2) is 9.78 Å². The molecule has 0 saturated heterocycles. The molecule has 126 valence electrons. The van der Waals surface area contributed by atoms with Gasteiger partial charge in [0.1, 0.15) is 5.69 Å². The number of halogens is 3. The van der Waals surface area contributed by atoms with Crippen molar-refractivity contribution in [2.75, 3.05) is 6.54 Å². The number of hydrogen-bond donors (Lipinski definition) is 2. The van der Waals surface area contributed by atoms with Crippen LogP contribution >= 0.6 is 0 Å². The molecule has 1 aliphatic carbocycles. The number of aryl methyl sites for hydroxylation is 1. The summed E-state index contributed by atoms with van der Waals surface area (Å²) in [5.41, 5.74) is -0.140. The first kappa shape index (κ1) is 17.2. The lowest BCUT2D eigenvalue weighted by Crippen LogP contribution is -2.45. The van der Waals surface area contributed by atoms with E-state index in [2.05, 4.69) is 4.98 Å². The van der Waals surface area contributed by atoms with E-state index >= 15 is 0 Å². The molecule has 2 rings (SSSR count). The van der Waals surface area contributed by atoms with Gasteiger partial charge in [0.25, 0.3) is 5.91 Å². The van der Waals surface area contributed by atoms with E-state index in [0.29, 0.717) is 12.8 Å². The van der Waals surface area contributed by atoms with Crippen molar-refractivity contribution < 1.29 is 33.0 Å². The molecule has 0 aromatic carbocycles. The Hall–Kier alpha value is -2.16. The Kier molecular flexibility index (Phi) is 4.60. The van der Waals surface area contributed by atoms with E-state index in [1.165, 1.54) is 13.0 Å². The van der Waals surface area contributed by atoms with Gasteiger partial charge in [0.2, 0.25) is 0 Å². The minimum Gasteiger partial charge on any atom is -0.478 e. The molecule has 1 aromatic heterocycles. The van der Waals surface area contributed by atoms with Crippen molar-refractivity contribution in [2.45, 2.75) is 38.1 Å². The topological polar surface area (TPSA) is 90.7 Å². The number of nitrogens with zero attached hydrogens (tertiary/aromatic N) is 2. The van der Waals surface area contributed by atoms with E-state index in [1.807, 2.05) is 0 Å². The fourth-order valence-electron chi connectivity index (χ4n) is 2.13. The molecule has 0 spiro atoms. The number of carbonyl (C=O) groups is 2. The predicted octanol–water partition coefficient (Wildman–Crippen LogP) is 1.62. The number of pyridine rings is 1. The highest BCUT2D eigenvalue weighted by Gasteiger charge is 2.43. The van der Waals surface area contributed by atoms with Crippen LogP contribution in [-0.2, 0) is 0 Å². The minimum atomic E-state index is -4.82.